The van der Waals surface area contributed by atoms with Crippen LogP contribution in [0.1, 0.15) is 63.5 Å². The average Bonchev–Trinajstić information content (AvgIpc) is 2.76. The van der Waals surface area contributed by atoms with E-state index in [0.717, 1.165) is 58.3 Å². The summed E-state index contributed by atoms with van der Waals surface area (Å²) in [4.78, 5) is 0. The van der Waals surface area contributed by atoms with Gasteiger partial charge in [0.2, 0.25) is 0 Å². The second-order valence-electron chi connectivity index (χ2n) is 7.89. The largest absolute Gasteiger partial charge is 0.457 e. The summed E-state index contributed by atoms with van der Waals surface area (Å²) < 4.78 is 12.6. The predicted octanol–water partition coefficient (Wildman–Crippen LogP) is 7.46. The minimum absolute atomic E-state index is 0.327. The highest BCUT2D eigenvalue weighted by Crippen LogP contribution is 2.42. The highest BCUT2D eigenvalue weighted by molar-refractivity contribution is 5.53. The van der Waals surface area contributed by atoms with E-state index in [4.69, 9.17) is 20.9 Å². The molecule has 0 saturated heterocycles. The van der Waals surface area contributed by atoms with Gasteiger partial charge < -0.3 is 20.9 Å². The zero-order valence-electron chi connectivity index (χ0n) is 18.3. The molecule has 0 aliphatic heterocycles. The maximum absolute atomic E-state index is 6.32. The summed E-state index contributed by atoms with van der Waals surface area (Å²) in [6, 6.07) is 19.3. The lowest BCUT2D eigenvalue weighted by Crippen LogP contribution is -2.03. The molecule has 0 fully saturated rings. The summed E-state index contributed by atoms with van der Waals surface area (Å²) in [5, 5.41) is 0. The normalized spacial score (nSPS) is 12.9. The molecule has 4 nitrogen and oxygen atoms in total. The zero-order valence-corrected chi connectivity index (χ0v) is 18.3. The van der Waals surface area contributed by atoms with Crippen molar-refractivity contribution >= 4 is 11.4 Å². The summed E-state index contributed by atoms with van der Waals surface area (Å²) >= 11 is 0. The SMILES string of the molecule is CCC(C)c1cc(Oc2ccc(N)cc2)c(C(C)CC)cc1Oc1ccc(N)cc1. The second kappa shape index (κ2) is 9.57. The number of ether oxygens (including phenoxy) is 2. The average molecular weight is 405 g/mol. The van der Waals surface area contributed by atoms with Crippen molar-refractivity contribution in [2.45, 2.75) is 52.4 Å². The molecule has 3 aromatic carbocycles. The van der Waals surface area contributed by atoms with Crippen LogP contribution in [-0.4, -0.2) is 0 Å². The standard InChI is InChI=1S/C26H32N2O2/c1-5-17(3)23-15-26(30-22-13-9-20(28)10-14-22)24(18(4)6-2)16-25(23)29-21-11-7-19(27)8-12-21/h7-18H,5-6,27-28H2,1-4H3. The van der Waals surface area contributed by atoms with Crippen LogP contribution in [0.15, 0.2) is 60.7 Å². The molecule has 30 heavy (non-hydrogen) atoms. The third-order valence-corrected chi connectivity index (χ3v) is 5.64. The number of nitrogens with two attached hydrogens (primary N) is 2. The molecule has 0 aliphatic carbocycles. The first-order valence-electron chi connectivity index (χ1n) is 10.7. The van der Waals surface area contributed by atoms with Gasteiger partial charge in [-0.2, -0.15) is 0 Å². The molecule has 0 spiro atoms. The zero-order chi connectivity index (χ0) is 21.7. The molecule has 0 saturated carbocycles. The molecule has 4 heteroatoms. The van der Waals surface area contributed by atoms with Crippen molar-refractivity contribution in [1.82, 2.24) is 0 Å². The lowest BCUT2D eigenvalue weighted by Gasteiger charge is -2.22. The number of hydrogen-bond donors (Lipinski definition) is 2. The molecule has 3 rings (SSSR count). The van der Waals surface area contributed by atoms with Crippen molar-refractivity contribution in [1.29, 1.82) is 0 Å². The molecule has 158 valence electrons. The van der Waals surface area contributed by atoms with Crippen LogP contribution in [0.5, 0.6) is 23.0 Å². The third kappa shape index (κ3) is 5.07. The van der Waals surface area contributed by atoms with Crippen molar-refractivity contribution in [2.75, 3.05) is 11.5 Å². The van der Waals surface area contributed by atoms with Crippen LogP contribution in [0.25, 0.3) is 0 Å². The van der Waals surface area contributed by atoms with E-state index >= 15 is 0 Å². The predicted molar refractivity (Wildman–Crippen MR) is 126 cm³/mol. The third-order valence-electron chi connectivity index (χ3n) is 5.64. The summed E-state index contributed by atoms with van der Waals surface area (Å²) in [7, 11) is 0. The van der Waals surface area contributed by atoms with Crippen LogP contribution in [-0.2, 0) is 0 Å². The first kappa shape index (κ1) is 21.6. The number of rotatable bonds is 8. The van der Waals surface area contributed by atoms with E-state index < -0.39 is 0 Å². The smallest absolute Gasteiger partial charge is 0.131 e. The topological polar surface area (TPSA) is 70.5 Å². The second-order valence-corrected chi connectivity index (χ2v) is 7.89. The van der Waals surface area contributed by atoms with Crippen LogP contribution in [0.4, 0.5) is 11.4 Å². The molecule has 0 bridgehead atoms. The maximum Gasteiger partial charge on any atom is 0.131 e. The van der Waals surface area contributed by atoms with Gasteiger partial charge in [-0.05, 0) is 85.3 Å². The Morgan fingerprint density at radius 1 is 0.633 bits per heavy atom. The Balaban J connectivity index is 2.06. The molecular formula is C26H32N2O2. The van der Waals surface area contributed by atoms with Crippen molar-refractivity contribution < 1.29 is 9.47 Å². The Bertz CT molecular complexity index is 884. The molecule has 4 N–H and O–H groups in total. The lowest BCUT2D eigenvalue weighted by molar-refractivity contribution is 0.450. The van der Waals surface area contributed by atoms with E-state index in [-0.39, 0.29) is 0 Å². The van der Waals surface area contributed by atoms with Gasteiger partial charge in [-0.3, -0.25) is 0 Å². The first-order chi connectivity index (χ1) is 14.4. The Morgan fingerprint density at radius 3 is 1.27 bits per heavy atom. The molecule has 0 radical (unpaired) electrons. The minimum Gasteiger partial charge on any atom is -0.457 e. The van der Waals surface area contributed by atoms with E-state index in [1.807, 2.05) is 48.5 Å². The van der Waals surface area contributed by atoms with Gasteiger partial charge in [0.1, 0.15) is 23.0 Å². The van der Waals surface area contributed by atoms with Crippen LogP contribution in [0, 0.1) is 0 Å². The first-order valence-corrected chi connectivity index (χ1v) is 10.7. The molecule has 0 aromatic heterocycles. The van der Waals surface area contributed by atoms with Gasteiger partial charge in [0.05, 0.1) is 0 Å². The van der Waals surface area contributed by atoms with Crippen molar-refractivity contribution in [3.8, 4) is 23.0 Å². The Kier molecular flexibility index (Phi) is 6.88. The fourth-order valence-electron chi connectivity index (χ4n) is 3.30. The highest BCUT2D eigenvalue weighted by Gasteiger charge is 2.20. The van der Waals surface area contributed by atoms with Gasteiger partial charge in [0, 0.05) is 22.5 Å². The fraction of sp³-hybridized carbons (Fsp3) is 0.308. The van der Waals surface area contributed by atoms with E-state index in [2.05, 4.69) is 39.8 Å². The van der Waals surface area contributed by atoms with Crippen LogP contribution in [0.2, 0.25) is 0 Å². The van der Waals surface area contributed by atoms with Crippen molar-refractivity contribution in [2.24, 2.45) is 0 Å². The fourth-order valence-corrected chi connectivity index (χ4v) is 3.30. The Labute approximate surface area is 179 Å². The molecule has 2 unspecified atom stereocenters. The van der Waals surface area contributed by atoms with Gasteiger partial charge in [-0.1, -0.05) is 27.7 Å². The lowest BCUT2D eigenvalue weighted by atomic mass is 9.91. The number of nitrogen functional groups attached to an aromatic ring is 2. The van der Waals surface area contributed by atoms with E-state index in [9.17, 15) is 0 Å². The molecule has 0 amide bonds. The van der Waals surface area contributed by atoms with Crippen LogP contribution >= 0.6 is 0 Å². The van der Waals surface area contributed by atoms with E-state index in [1.165, 1.54) is 0 Å². The summed E-state index contributed by atoms with van der Waals surface area (Å²) in [5.41, 5.74) is 15.3. The Hall–Kier alpha value is -3.14. The summed E-state index contributed by atoms with van der Waals surface area (Å²) in [6.45, 7) is 8.78. The quantitative estimate of drug-likeness (QED) is 0.382. The van der Waals surface area contributed by atoms with E-state index in [0.29, 0.717) is 11.8 Å². The van der Waals surface area contributed by atoms with Gasteiger partial charge in [-0.25, -0.2) is 0 Å². The highest BCUT2D eigenvalue weighted by atomic mass is 16.5. The van der Waals surface area contributed by atoms with Crippen LogP contribution in [0.3, 0.4) is 0 Å². The summed E-state index contributed by atoms with van der Waals surface area (Å²) in [5.74, 6) is 3.94. The molecule has 0 aliphatic rings. The van der Waals surface area contributed by atoms with Gasteiger partial charge in [0.25, 0.3) is 0 Å². The van der Waals surface area contributed by atoms with Crippen molar-refractivity contribution in [3.63, 3.8) is 0 Å². The summed E-state index contributed by atoms with van der Waals surface area (Å²) in [6.07, 6.45) is 2.00. The molecular weight excluding hydrogens is 372 g/mol. The van der Waals surface area contributed by atoms with E-state index in [1.54, 1.807) is 0 Å². The van der Waals surface area contributed by atoms with Crippen molar-refractivity contribution in [3.05, 3.63) is 71.8 Å². The van der Waals surface area contributed by atoms with Gasteiger partial charge >= 0.3 is 0 Å². The van der Waals surface area contributed by atoms with Gasteiger partial charge in [0.15, 0.2) is 0 Å². The van der Waals surface area contributed by atoms with Crippen LogP contribution < -0.4 is 20.9 Å². The Morgan fingerprint density at radius 2 is 0.967 bits per heavy atom. The monoisotopic (exact) mass is 404 g/mol. The molecule has 3 aromatic rings. The van der Waals surface area contributed by atoms with Gasteiger partial charge in [-0.15, -0.1) is 0 Å². The molecule has 2 atom stereocenters. The maximum atomic E-state index is 6.32. The number of hydrogen-bond acceptors (Lipinski definition) is 4. The number of anilines is 2. The molecule has 0 heterocycles. The number of benzene rings is 3. The minimum atomic E-state index is 0.327.